The molecule has 1 fully saturated rings. The summed E-state index contributed by atoms with van der Waals surface area (Å²) in [6, 6.07) is 0. The molecule has 12 nitrogen and oxygen atoms in total. The first-order chi connectivity index (χ1) is 17.5. The van der Waals surface area contributed by atoms with Gasteiger partial charge < -0.3 is 20.1 Å². The van der Waals surface area contributed by atoms with Gasteiger partial charge in [0.25, 0.3) is 17.4 Å². The smallest absolute Gasteiger partial charge is 0.284 e. The average molecular weight is 519 g/mol. The van der Waals surface area contributed by atoms with Gasteiger partial charge >= 0.3 is 0 Å². The van der Waals surface area contributed by atoms with Crippen LogP contribution in [0.1, 0.15) is 42.5 Å². The van der Waals surface area contributed by atoms with E-state index in [2.05, 4.69) is 15.5 Å². The molecule has 1 aliphatic carbocycles. The van der Waals surface area contributed by atoms with E-state index in [1.807, 2.05) is 0 Å². The molecule has 3 unspecified atom stereocenters. The van der Waals surface area contributed by atoms with Crippen molar-refractivity contribution >= 4 is 17.5 Å². The standard InChI is InChI=1S/C24H31FN6O6/c1-13-9-14(5-6-16(13)25)10-26-19(32)17-18(28-36)20(33)31-11-15-7-8-24(12-37-15,23(31)27-17)30(4)22(35)21(34)29(2)3/h6,9,14-15,21,34H,5,7-8,10-12H2,1-4H3,(H,26,32)/t14?,15?,21-,24?/m1/s1. The Kier molecular flexibility index (Phi) is 7.40. The average Bonchev–Trinajstić information content (AvgIpc) is 3.15. The summed E-state index contributed by atoms with van der Waals surface area (Å²) < 4.78 is 20.8. The van der Waals surface area contributed by atoms with Gasteiger partial charge in [0, 0.05) is 13.6 Å². The number of amides is 2. The van der Waals surface area contributed by atoms with Crippen LogP contribution in [0.15, 0.2) is 33.5 Å². The predicted octanol–water partition coefficient (Wildman–Crippen LogP) is 0.917. The first-order valence-corrected chi connectivity index (χ1v) is 12.0. The molecular weight excluding hydrogens is 487 g/mol. The maximum absolute atomic E-state index is 13.6. The fourth-order valence-corrected chi connectivity index (χ4v) is 5.03. The SMILES string of the molecule is CC1=CC(CNC(=O)c2nc3n(c(=O)c2N=O)CC2CCC3(N(C)C(=O)[C@@H](O)N(C)C)CO2)CC=C1F. The second-order valence-electron chi connectivity index (χ2n) is 9.99. The van der Waals surface area contributed by atoms with Gasteiger partial charge in [-0.15, -0.1) is 4.91 Å². The zero-order chi connectivity index (χ0) is 27.1. The molecular formula is C24H31FN6O6. The number of carbonyl (C=O) groups excluding carboxylic acids is 2. The van der Waals surface area contributed by atoms with E-state index in [1.165, 1.54) is 27.5 Å². The number of nitroso groups, excluding NO2 is 1. The maximum atomic E-state index is 13.6. The van der Waals surface area contributed by atoms with Crippen LogP contribution in [0.5, 0.6) is 0 Å². The number of allylic oxidation sites excluding steroid dienone is 3. The minimum Gasteiger partial charge on any atom is -0.373 e. The number of nitrogens with zero attached hydrogens (tertiary/aromatic N) is 5. The third-order valence-corrected chi connectivity index (χ3v) is 7.36. The molecule has 0 saturated carbocycles. The molecule has 2 amide bonds. The molecule has 5 rings (SSSR count). The van der Waals surface area contributed by atoms with Crippen LogP contribution in [-0.2, 0) is 21.6 Å². The lowest BCUT2D eigenvalue weighted by Crippen LogP contribution is -2.58. The Balaban J connectivity index is 1.73. The molecule has 4 heterocycles. The highest BCUT2D eigenvalue weighted by atomic mass is 19.1. The highest BCUT2D eigenvalue weighted by Crippen LogP contribution is 2.40. The van der Waals surface area contributed by atoms with Gasteiger partial charge in [-0.2, -0.15) is 0 Å². The second kappa shape index (κ2) is 10.2. The van der Waals surface area contributed by atoms with Crippen LogP contribution in [-0.4, -0.2) is 82.9 Å². The van der Waals surface area contributed by atoms with Crippen molar-refractivity contribution in [3.05, 3.63) is 50.3 Å². The fraction of sp³-hybridized carbons (Fsp3) is 0.583. The van der Waals surface area contributed by atoms with Crippen molar-refractivity contribution < 1.29 is 23.8 Å². The molecule has 3 aliphatic heterocycles. The first-order valence-electron chi connectivity index (χ1n) is 12.0. The number of ether oxygens (including phenoxy) is 1. The highest BCUT2D eigenvalue weighted by molar-refractivity contribution is 5.96. The number of halogens is 1. The monoisotopic (exact) mass is 518 g/mol. The van der Waals surface area contributed by atoms with E-state index in [1.54, 1.807) is 27.1 Å². The minimum atomic E-state index is -1.45. The van der Waals surface area contributed by atoms with Gasteiger partial charge in [-0.1, -0.05) is 6.08 Å². The molecule has 4 atom stereocenters. The molecule has 4 aliphatic rings. The van der Waals surface area contributed by atoms with Gasteiger partial charge in [0.1, 0.15) is 17.2 Å². The van der Waals surface area contributed by atoms with Crippen molar-refractivity contribution in [2.45, 2.75) is 50.6 Å². The molecule has 0 spiro atoms. The quantitative estimate of drug-likeness (QED) is 0.400. The minimum absolute atomic E-state index is 0.00847. The summed E-state index contributed by atoms with van der Waals surface area (Å²) in [6.07, 6.45) is 2.57. The Morgan fingerprint density at radius 3 is 2.73 bits per heavy atom. The number of fused-ring (bicyclic) bond motifs is 2. The number of nitrogens with one attached hydrogen (secondary N) is 1. The van der Waals surface area contributed by atoms with Crippen LogP contribution in [0.2, 0.25) is 0 Å². The normalized spacial score (nSPS) is 25.5. The third kappa shape index (κ3) is 4.74. The van der Waals surface area contributed by atoms with E-state index < -0.39 is 40.5 Å². The van der Waals surface area contributed by atoms with Crippen molar-refractivity contribution in [1.29, 1.82) is 0 Å². The largest absolute Gasteiger partial charge is 0.373 e. The first kappa shape index (κ1) is 26.8. The van der Waals surface area contributed by atoms with E-state index in [0.29, 0.717) is 24.8 Å². The maximum Gasteiger partial charge on any atom is 0.284 e. The molecule has 37 heavy (non-hydrogen) atoms. The fourth-order valence-electron chi connectivity index (χ4n) is 5.03. The van der Waals surface area contributed by atoms with E-state index in [-0.39, 0.29) is 43.4 Å². The summed E-state index contributed by atoms with van der Waals surface area (Å²) in [6.45, 7) is 1.83. The molecule has 1 saturated heterocycles. The van der Waals surface area contributed by atoms with Gasteiger partial charge in [0.15, 0.2) is 11.9 Å². The van der Waals surface area contributed by atoms with Gasteiger partial charge in [0.2, 0.25) is 5.69 Å². The van der Waals surface area contributed by atoms with Crippen molar-refractivity contribution in [3.63, 3.8) is 0 Å². The van der Waals surface area contributed by atoms with E-state index in [9.17, 15) is 28.8 Å². The Bertz CT molecular complexity index is 1230. The van der Waals surface area contributed by atoms with Gasteiger partial charge in [0.05, 0.1) is 19.3 Å². The number of aliphatic hydroxyl groups is 1. The highest BCUT2D eigenvalue weighted by Gasteiger charge is 2.51. The van der Waals surface area contributed by atoms with Gasteiger partial charge in [-0.3, -0.25) is 23.9 Å². The van der Waals surface area contributed by atoms with E-state index in [0.717, 1.165) is 0 Å². The number of aromatic nitrogens is 2. The van der Waals surface area contributed by atoms with Crippen molar-refractivity contribution in [2.24, 2.45) is 11.1 Å². The van der Waals surface area contributed by atoms with Crippen LogP contribution in [0.4, 0.5) is 10.1 Å². The Morgan fingerprint density at radius 1 is 1.41 bits per heavy atom. The molecule has 0 radical (unpaired) electrons. The van der Waals surface area contributed by atoms with Crippen molar-refractivity contribution in [1.82, 2.24) is 24.7 Å². The Hall–Kier alpha value is -3.29. The number of likely N-dealkylation sites (N-methyl/N-ethyl adjacent to an activating group) is 2. The molecule has 1 aromatic rings. The topological polar surface area (TPSA) is 146 Å². The van der Waals surface area contributed by atoms with Crippen LogP contribution < -0.4 is 10.9 Å². The number of carbonyl (C=O) groups is 2. The predicted molar refractivity (Wildman–Crippen MR) is 130 cm³/mol. The van der Waals surface area contributed by atoms with Crippen LogP contribution in [0.25, 0.3) is 0 Å². The number of aliphatic hydroxyl groups excluding tert-OH is 1. The van der Waals surface area contributed by atoms with E-state index >= 15 is 0 Å². The summed E-state index contributed by atoms with van der Waals surface area (Å²) in [7, 11) is 4.57. The summed E-state index contributed by atoms with van der Waals surface area (Å²) in [5, 5.41) is 15.9. The number of hydrogen-bond acceptors (Lipinski definition) is 9. The lowest BCUT2D eigenvalue weighted by atomic mass is 9.88. The number of hydrogen-bond donors (Lipinski definition) is 2. The summed E-state index contributed by atoms with van der Waals surface area (Å²) in [5.74, 6) is -1.82. The van der Waals surface area contributed by atoms with Crippen molar-refractivity contribution in [2.75, 3.05) is 34.3 Å². The Morgan fingerprint density at radius 2 is 2.14 bits per heavy atom. The molecule has 2 bridgehead atoms. The third-order valence-electron chi connectivity index (χ3n) is 7.36. The molecule has 13 heteroatoms. The Labute approximate surface area is 212 Å². The van der Waals surface area contributed by atoms with E-state index in [4.69, 9.17) is 4.74 Å². The van der Waals surface area contributed by atoms with Gasteiger partial charge in [-0.25, -0.2) is 9.37 Å². The molecule has 0 aromatic carbocycles. The molecule has 200 valence electrons. The summed E-state index contributed by atoms with van der Waals surface area (Å²) in [5.41, 5.74) is -2.70. The van der Waals surface area contributed by atoms with Crippen LogP contribution in [0.3, 0.4) is 0 Å². The van der Waals surface area contributed by atoms with Crippen LogP contribution in [0, 0.1) is 10.8 Å². The number of rotatable bonds is 7. The molecule has 1 aromatic heterocycles. The lowest BCUT2D eigenvalue weighted by molar-refractivity contribution is -0.162. The summed E-state index contributed by atoms with van der Waals surface area (Å²) >= 11 is 0. The molecule has 2 N–H and O–H groups in total. The second-order valence-corrected chi connectivity index (χ2v) is 9.99. The van der Waals surface area contributed by atoms with Crippen molar-refractivity contribution in [3.8, 4) is 0 Å². The van der Waals surface area contributed by atoms with Gasteiger partial charge in [-0.05, 0) is 63.0 Å². The summed E-state index contributed by atoms with van der Waals surface area (Å²) in [4.78, 5) is 58.4. The zero-order valence-corrected chi connectivity index (χ0v) is 21.2. The lowest BCUT2D eigenvalue weighted by Gasteiger charge is -2.44. The van der Waals surface area contributed by atoms with Crippen LogP contribution >= 0.6 is 0 Å². The zero-order valence-electron chi connectivity index (χ0n) is 21.2.